The lowest BCUT2D eigenvalue weighted by molar-refractivity contribution is 0.0988. The topological polar surface area (TPSA) is 60.4 Å². The molecule has 0 spiro atoms. The number of methoxy groups -OCH3 is 1. The van der Waals surface area contributed by atoms with E-state index in [9.17, 15) is 13.2 Å². The van der Waals surface area contributed by atoms with Crippen LogP contribution in [0.25, 0.3) is 0 Å². The fourth-order valence-electron chi connectivity index (χ4n) is 1.43. The van der Waals surface area contributed by atoms with Gasteiger partial charge in [-0.2, -0.15) is 0 Å². The summed E-state index contributed by atoms with van der Waals surface area (Å²) >= 11 is 3.32. The second kappa shape index (κ2) is 5.40. The zero-order valence-corrected chi connectivity index (χ0v) is 13.1. The first-order valence-electron chi connectivity index (χ1n) is 5.25. The molecule has 18 heavy (non-hydrogen) atoms. The van der Waals surface area contributed by atoms with Gasteiger partial charge in [-0.3, -0.25) is 4.79 Å². The van der Waals surface area contributed by atoms with Crippen LogP contribution >= 0.6 is 15.9 Å². The molecule has 0 heterocycles. The van der Waals surface area contributed by atoms with Gasteiger partial charge in [0.1, 0.15) is 11.0 Å². The third kappa shape index (κ3) is 3.11. The molecule has 6 heteroatoms. The number of sulfone groups is 1. The quantitative estimate of drug-likeness (QED) is 0.793. The molecule has 1 unspecified atom stereocenters. The van der Waals surface area contributed by atoms with Gasteiger partial charge >= 0.3 is 0 Å². The molecule has 0 N–H and O–H groups in total. The standard InChI is InChI=1S/C12H15BrO4S/c1-7-5-11(17-3)9(6-10(7)13)12(14)8(2)18(4,15)16/h5-6,8H,1-4H3. The normalized spacial score (nSPS) is 13.2. The van der Waals surface area contributed by atoms with Gasteiger partial charge < -0.3 is 4.74 Å². The van der Waals surface area contributed by atoms with Crippen LogP contribution in [0.1, 0.15) is 22.8 Å². The van der Waals surface area contributed by atoms with Gasteiger partial charge in [-0.1, -0.05) is 15.9 Å². The Morgan fingerprint density at radius 2 is 1.94 bits per heavy atom. The second-order valence-electron chi connectivity index (χ2n) is 4.14. The molecule has 1 atom stereocenters. The Morgan fingerprint density at radius 1 is 1.39 bits per heavy atom. The fraction of sp³-hybridized carbons (Fsp3) is 0.417. The summed E-state index contributed by atoms with van der Waals surface area (Å²) in [5.41, 5.74) is 1.18. The summed E-state index contributed by atoms with van der Waals surface area (Å²) in [4.78, 5) is 12.2. The molecule has 100 valence electrons. The summed E-state index contributed by atoms with van der Waals surface area (Å²) in [5, 5.41) is -1.08. The monoisotopic (exact) mass is 334 g/mol. The van der Waals surface area contributed by atoms with Crippen molar-refractivity contribution in [1.82, 2.24) is 0 Å². The summed E-state index contributed by atoms with van der Waals surface area (Å²) in [6, 6.07) is 3.30. The molecular weight excluding hydrogens is 320 g/mol. The van der Waals surface area contributed by atoms with E-state index in [1.165, 1.54) is 14.0 Å². The molecule has 0 aliphatic carbocycles. The minimum Gasteiger partial charge on any atom is -0.496 e. The maximum atomic E-state index is 12.2. The average molecular weight is 335 g/mol. The first kappa shape index (κ1) is 15.2. The Bertz CT molecular complexity index is 578. The number of Topliss-reactive ketones (excluding diaryl/α,β-unsaturated/α-hetero) is 1. The Balaban J connectivity index is 3.33. The molecule has 0 aliphatic heterocycles. The van der Waals surface area contributed by atoms with Crippen molar-refractivity contribution in [2.45, 2.75) is 19.1 Å². The lowest BCUT2D eigenvalue weighted by Gasteiger charge is -2.13. The van der Waals surface area contributed by atoms with Crippen molar-refractivity contribution in [2.75, 3.05) is 13.4 Å². The number of rotatable bonds is 4. The number of ether oxygens (including phenoxy) is 1. The molecule has 0 aliphatic rings. The van der Waals surface area contributed by atoms with Gasteiger partial charge in [-0.15, -0.1) is 0 Å². The van der Waals surface area contributed by atoms with E-state index in [-0.39, 0.29) is 5.56 Å². The number of carbonyl (C=O) groups excluding carboxylic acids is 1. The fourth-order valence-corrected chi connectivity index (χ4v) is 2.29. The maximum Gasteiger partial charge on any atom is 0.184 e. The van der Waals surface area contributed by atoms with Gasteiger partial charge in [-0.05, 0) is 31.5 Å². The highest BCUT2D eigenvalue weighted by Gasteiger charge is 2.27. The van der Waals surface area contributed by atoms with E-state index >= 15 is 0 Å². The zero-order chi connectivity index (χ0) is 14.1. The van der Waals surface area contributed by atoms with E-state index in [0.29, 0.717) is 5.75 Å². The maximum absolute atomic E-state index is 12.2. The summed E-state index contributed by atoms with van der Waals surface area (Å²) in [5.74, 6) is -0.0775. The van der Waals surface area contributed by atoms with Crippen LogP contribution < -0.4 is 4.74 Å². The third-order valence-electron chi connectivity index (χ3n) is 2.76. The number of ketones is 1. The van der Waals surface area contributed by atoms with Gasteiger partial charge in [0.05, 0.1) is 12.7 Å². The van der Waals surface area contributed by atoms with E-state index in [1.807, 2.05) is 6.92 Å². The number of benzene rings is 1. The van der Waals surface area contributed by atoms with Crippen LogP contribution in [-0.4, -0.2) is 32.8 Å². The number of hydrogen-bond donors (Lipinski definition) is 0. The predicted molar refractivity (Wildman–Crippen MR) is 74.1 cm³/mol. The molecule has 1 rings (SSSR count). The van der Waals surface area contributed by atoms with Crippen molar-refractivity contribution in [3.05, 3.63) is 27.7 Å². The predicted octanol–water partition coefficient (Wildman–Crippen LogP) is 2.38. The number of aryl methyl sites for hydroxylation is 1. The summed E-state index contributed by atoms with van der Waals surface area (Å²) in [6.07, 6.45) is 1.05. The summed E-state index contributed by atoms with van der Waals surface area (Å²) < 4.78 is 28.7. The molecule has 0 aromatic heterocycles. The molecular formula is C12H15BrO4S. The van der Waals surface area contributed by atoms with Crippen LogP contribution in [0.5, 0.6) is 5.75 Å². The molecule has 0 amide bonds. The highest BCUT2D eigenvalue weighted by Crippen LogP contribution is 2.28. The average Bonchev–Trinajstić information content (AvgIpc) is 2.29. The zero-order valence-electron chi connectivity index (χ0n) is 10.7. The Hall–Kier alpha value is -0.880. The molecule has 1 aromatic carbocycles. The van der Waals surface area contributed by atoms with Gasteiger partial charge in [0.25, 0.3) is 0 Å². The summed E-state index contributed by atoms with van der Waals surface area (Å²) in [6.45, 7) is 3.24. The second-order valence-corrected chi connectivity index (χ2v) is 7.36. The van der Waals surface area contributed by atoms with Crippen LogP contribution in [0.3, 0.4) is 0 Å². The van der Waals surface area contributed by atoms with Crippen LogP contribution in [0, 0.1) is 6.92 Å². The van der Waals surface area contributed by atoms with Crippen molar-refractivity contribution in [3.63, 3.8) is 0 Å². The Kier molecular flexibility index (Phi) is 4.55. The first-order chi connectivity index (χ1) is 8.18. The largest absolute Gasteiger partial charge is 0.496 e. The Labute approximate surface area is 115 Å². The molecule has 0 bridgehead atoms. The minimum absolute atomic E-state index is 0.271. The van der Waals surface area contributed by atoms with E-state index < -0.39 is 20.9 Å². The van der Waals surface area contributed by atoms with Crippen LogP contribution in [0.4, 0.5) is 0 Å². The highest BCUT2D eigenvalue weighted by molar-refractivity contribution is 9.10. The number of carbonyl (C=O) groups is 1. The molecule has 4 nitrogen and oxygen atoms in total. The smallest absolute Gasteiger partial charge is 0.184 e. The van der Waals surface area contributed by atoms with E-state index in [1.54, 1.807) is 12.1 Å². The minimum atomic E-state index is -3.42. The van der Waals surface area contributed by atoms with Crippen molar-refractivity contribution >= 4 is 31.6 Å². The highest BCUT2D eigenvalue weighted by atomic mass is 79.9. The van der Waals surface area contributed by atoms with Gasteiger partial charge in [-0.25, -0.2) is 8.42 Å². The molecule has 0 saturated heterocycles. The third-order valence-corrected chi connectivity index (χ3v) is 5.11. The van der Waals surface area contributed by atoms with E-state index in [2.05, 4.69) is 15.9 Å². The van der Waals surface area contributed by atoms with Gasteiger partial charge in [0.2, 0.25) is 0 Å². The van der Waals surface area contributed by atoms with Crippen molar-refractivity contribution in [1.29, 1.82) is 0 Å². The van der Waals surface area contributed by atoms with Crippen LogP contribution in [0.15, 0.2) is 16.6 Å². The lowest BCUT2D eigenvalue weighted by atomic mass is 10.1. The Morgan fingerprint density at radius 3 is 2.39 bits per heavy atom. The van der Waals surface area contributed by atoms with Crippen molar-refractivity contribution in [3.8, 4) is 5.75 Å². The van der Waals surface area contributed by atoms with Crippen molar-refractivity contribution in [2.24, 2.45) is 0 Å². The lowest BCUT2D eigenvalue weighted by Crippen LogP contribution is -2.26. The number of hydrogen-bond acceptors (Lipinski definition) is 4. The van der Waals surface area contributed by atoms with E-state index in [0.717, 1.165) is 16.3 Å². The SMILES string of the molecule is COc1cc(C)c(Br)cc1C(=O)C(C)S(C)(=O)=O. The van der Waals surface area contributed by atoms with Crippen molar-refractivity contribution < 1.29 is 17.9 Å². The van der Waals surface area contributed by atoms with Crippen LogP contribution in [-0.2, 0) is 9.84 Å². The molecule has 0 saturated carbocycles. The van der Waals surface area contributed by atoms with Gasteiger partial charge in [0.15, 0.2) is 15.6 Å². The summed E-state index contributed by atoms with van der Waals surface area (Å²) in [7, 11) is -1.97. The molecule has 1 aromatic rings. The molecule has 0 radical (unpaired) electrons. The number of halogens is 1. The molecule has 0 fully saturated rings. The van der Waals surface area contributed by atoms with Crippen LogP contribution in [0.2, 0.25) is 0 Å². The van der Waals surface area contributed by atoms with E-state index in [4.69, 9.17) is 4.74 Å². The first-order valence-corrected chi connectivity index (χ1v) is 8.00. The van der Waals surface area contributed by atoms with Gasteiger partial charge in [0, 0.05) is 10.7 Å².